The molecule has 2 nitrogen and oxygen atoms in total. The molecular weight excluding hydrogens is 321 g/mol. The maximum absolute atomic E-state index is 12.8. The molecule has 0 radical (unpaired) electrons. The molecule has 1 aliphatic heterocycles. The summed E-state index contributed by atoms with van der Waals surface area (Å²) in [6.45, 7) is 1.51. The lowest BCUT2D eigenvalue weighted by molar-refractivity contribution is -0.149. The summed E-state index contributed by atoms with van der Waals surface area (Å²) in [6.07, 6.45) is -1.17. The van der Waals surface area contributed by atoms with E-state index in [-0.39, 0.29) is 23.9 Å². The first kappa shape index (κ1) is 17.1. The van der Waals surface area contributed by atoms with Crippen molar-refractivity contribution in [3.63, 3.8) is 0 Å². The number of hydrogen-bond donors (Lipinski definition) is 1. The number of hydrogen-bond acceptors (Lipinski definition) is 3. The van der Waals surface area contributed by atoms with E-state index in [4.69, 9.17) is 0 Å². The van der Waals surface area contributed by atoms with Crippen LogP contribution in [0.4, 0.5) is 13.2 Å². The van der Waals surface area contributed by atoms with Gasteiger partial charge in [-0.3, -0.25) is 4.90 Å². The Balaban J connectivity index is 0.00000161. The van der Waals surface area contributed by atoms with Crippen LogP contribution >= 0.6 is 23.7 Å². The van der Waals surface area contributed by atoms with Gasteiger partial charge in [0.25, 0.3) is 0 Å². The smallest absolute Gasteiger partial charge is 0.317 e. The normalized spacial score (nSPS) is 24.1. The molecule has 21 heavy (non-hydrogen) atoms. The van der Waals surface area contributed by atoms with Crippen molar-refractivity contribution in [2.45, 2.75) is 38.0 Å². The number of alkyl halides is 3. The zero-order valence-electron chi connectivity index (χ0n) is 11.7. The molecule has 2 aliphatic rings. The van der Waals surface area contributed by atoms with Crippen LogP contribution in [0.25, 0.3) is 0 Å². The molecule has 1 aromatic heterocycles. The minimum atomic E-state index is -4.12. The fourth-order valence-corrected chi connectivity index (χ4v) is 4.09. The Morgan fingerprint density at radius 1 is 1.33 bits per heavy atom. The Morgan fingerprint density at radius 2 is 2.05 bits per heavy atom. The van der Waals surface area contributed by atoms with Gasteiger partial charge in [-0.15, -0.1) is 12.4 Å². The summed E-state index contributed by atoms with van der Waals surface area (Å²) in [7, 11) is 0. The van der Waals surface area contributed by atoms with E-state index in [2.05, 4.69) is 5.32 Å². The summed E-state index contributed by atoms with van der Waals surface area (Å²) in [5.41, 5.74) is 1.14. The average Bonchev–Trinajstić information content (AvgIpc) is 2.83. The maximum Gasteiger partial charge on any atom is 0.401 e. The van der Waals surface area contributed by atoms with Gasteiger partial charge in [0.05, 0.1) is 6.54 Å². The largest absolute Gasteiger partial charge is 0.401 e. The van der Waals surface area contributed by atoms with E-state index in [0.717, 1.165) is 37.9 Å². The van der Waals surface area contributed by atoms with Crippen LogP contribution in [0.15, 0.2) is 16.8 Å². The Hall–Kier alpha value is -0.300. The van der Waals surface area contributed by atoms with Gasteiger partial charge in [-0.05, 0) is 60.2 Å². The van der Waals surface area contributed by atoms with Gasteiger partial charge in [0.1, 0.15) is 0 Å². The van der Waals surface area contributed by atoms with Gasteiger partial charge in [0, 0.05) is 12.6 Å². The summed E-state index contributed by atoms with van der Waals surface area (Å²) >= 11 is 1.54. The molecule has 1 spiro atoms. The van der Waals surface area contributed by atoms with Crippen LogP contribution in [0.1, 0.15) is 24.8 Å². The molecule has 0 amide bonds. The van der Waals surface area contributed by atoms with Gasteiger partial charge in [-0.25, -0.2) is 0 Å². The second kappa shape index (κ2) is 6.44. The van der Waals surface area contributed by atoms with E-state index in [0.29, 0.717) is 6.54 Å². The molecule has 2 fully saturated rings. The summed E-state index contributed by atoms with van der Waals surface area (Å²) in [5.74, 6) is 0. The van der Waals surface area contributed by atoms with Crippen molar-refractivity contribution in [1.29, 1.82) is 0 Å². The second-order valence-electron chi connectivity index (χ2n) is 5.98. The standard InChI is InChI=1S/C14H19F3N2S.ClH/c15-14(16,17)10-19(8-11-1-6-20-9-11)12-7-13(12)2-4-18-5-3-13;/h1,6,9,12,18H,2-5,7-8,10H2;1H. The highest BCUT2D eigenvalue weighted by atomic mass is 35.5. The average molecular weight is 341 g/mol. The lowest BCUT2D eigenvalue weighted by Gasteiger charge is -2.30. The topological polar surface area (TPSA) is 15.3 Å². The second-order valence-corrected chi connectivity index (χ2v) is 6.76. The van der Waals surface area contributed by atoms with Gasteiger partial charge in [-0.2, -0.15) is 24.5 Å². The van der Waals surface area contributed by atoms with Crippen LogP contribution in [0, 0.1) is 5.41 Å². The van der Waals surface area contributed by atoms with Crippen LogP contribution in [0.5, 0.6) is 0 Å². The molecule has 1 atom stereocenters. The Labute approximate surface area is 133 Å². The predicted octanol–water partition coefficient (Wildman–Crippen LogP) is 3.68. The van der Waals surface area contributed by atoms with Crippen LogP contribution in [0.2, 0.25) is 0 Å². The third-order valence-corrected chi connectivity index (χ3v) is 5.27. The minimum Gasteiger partial charge on any atom is -0.317 e. The molecule has 3 rings (SSSR count). The van der Waals surface area contributed by atoms with Crippen molar-refractivity contribution in [3.05, 3.63) is 22.4 Å². The fraction of sp³-hybridized carbons (Fsp3) is 0.714. The number of thiophene rings is 1. The lowest BCUT2D eigenvalue weighted by Crippen LogP contribution is -2.40. The summed E-state index contributed by atoms with van der Waals surface area (Å²) in [4.78, 5) is 1.65. The third-order valence-electron chi connectivity index (χ3n) is 4.53. The Morgan fingerprint density at radius 3 is 2.62 bits per heavy atom. The van der Waals surface area contributed by atoms with Gasteiger partial charge >= 0.3 is 6.18 Å². The maximum atomic E-state index is 12.8. The predicted molar refractivity (Wildman–Crippen MR) is 81.0 cm³/mol. The van der Waals surface area contributed by atoms with Crippen LogP contribution in [0.3, 0.4) is 0 Å². The van der Waals surface area contributed by atoms with Crippen LogP contribution < -0.4 is 5.32 Å². The van der Waals surface area contributed by atoms with Crippen molar-refractivity contribution in [2.75, 3.05) is 19.6 Å². The summed E-state index contributed by atoms with van der Waals surface area (Å²) in [5, 5.41) is 7.16. The van der Waals surface area contributed by atoms with E-state index >= 15 is 0 Å². The zero-order valence-corrected chi connectivity index (χ0v) is 13.3. The molecule has 1 aliphatic carbocycles. The number of nitrogens with one attached hydrogen (secondary N) is 1. The molecule has 7 heteroatoms. The van der Waals surface area contributed by atoms with E-state index < -0.39 is 12.7 Å². The molecule has 1 saturated carbocycles. The molecule has 0 aromatic carbocycles. The molecule has 1 saturated heterocycles. The van der Waals surface area contributed by atoms with Crippen molar-refractivity contribution in [3.8, 4) is 0 Å². The molecule has 1 unspecified atom stereocenters. The third kappa shape index (κ3) is 4.12. The van der Waals surface area contributed by atoms with Gasteiger partial charge in [0.2, 0.25) is 0 Å². The molecule has 120 valence electrons. The molecule has 0 bridgehead atoms. The van der Waals surface area contributed by atoms with E-state index in [1.54, 1.807) is 16.2 Å². The van der Waals surface area contributed by atoms with E-state index in [1.807, 2.05) is 16.8 Å². The van der Waals surface area contributed by atoms with E-state index in [9.17, 15) is 13.2 Å². The highest BCUT2D eigenvalue weighted by Gasteiger charge is 2.57. The zero-order chi connectivity index (χ0) is 14.2. The first-order chi connectivity index (χ1) is 9.49. The molecule has 2 heterocycles. The monoisotopic (exact) mass is 340 g/mol. The van der Waals surface area contributed by atoms with Crippen molar-refractivity contribution >= 4 is 23.7 Å². The summed E-state index contributed by atoms with van der Waals surface area (Å²) < 4.78 is 38.5. The fourth-order valence-electron chi connectivity index (χ4n) is 3.43. The summed E-state index contributed by atoms with van der Waals surface area (Å²) in [6, 6.07) is 2.03. The van der Waals surface area contributed by atoms with Crippen LogP contribution in [-0.2, 0) is 6.54 Å². The van der Waals surface area contributed by atoms with Gasteiger partial charge in [-0.1, -0.05) is 0 Å². The first-order valence-electron chi connectivity index (χ1n) is 7.01. The first-order valence-corrected chi connectivity index (χ1v) is 7.95. The van der Waals surface area contributed by atoms with Crippen molar-refractivity contribution in [2.24, 2.45) is 5.41 Å². The Kier molecular flexibility index (Phi) is 5.23. The number of piperidine rings is 1. The quantitative estimate of drug-likeness (QED) is 0.899. The number of rotatable bonds is 4. The Bertz CT molecular complexity index is 444. The van der Waals surface area contributed by atoms with Crippen molar-refractivity contribution in [1.82, 2.24) is 10.2 Å². The van der Waals surface area contributed by atoms with Crippen molar-refractivity contribution < 1.29 is 13.2 Å². The molecular formula is C14H20ClF3N2S. The minimum absolute atomic E-state index is 0. The number of halogens is 4. The molecule has 1 N–H and O–H groups in total. The highest BCUT2D eigenvalue weighted by molar-refractivity contribution is 7.07. The van der Waals surface area contributed by atoms with Gasteiger partial charge < -0.3 is 5.32 Å². The SMILES string of the molecule is Cl.FC(F)(F)CN(Cc1ccsc1)C1CC12CCNCC2. The van der Waals surface area contributed by atoms with Gasteiger partial charge in [0.15, 0.2) is 0 Å². The van der Waals surface area contributed by atoms with Crippen LogP contribution in [-0.4, -0.2) is 36.8 Å². The number of nitrogens with zero attached hydrogens (tertiary/aromatic N) is 1. The highest BCUT2D eigenvalue weighted by Crippen LogP contribution is 2.56. The van der Waals surface area contributed by atoms with E-state index in [1.165, 1.54) is 0 Å². The molecule has 1 aromatic rings. The lowest BCUT2D eigenvalue weighted by atomic mass is 9.93.